The Kier molecular flexibility index (Phi) is 13.2. The number of carboxylic acid groups (broad SMARTS) is 1. The van der Waals surface area contributed by atoms with Crippen molar-refractivity contribution in [3.63, 3.8) is 0 Å². The molecule has 0 saturated heterocycles. The fourth-order valence-corrected chi connectivity index (χ4v) is 4.36. The first-order chi connectivity index (χ1) is 19.5. The first kappa shape index (κ1) is 33.2. The van der Waals surface area contributed by atoms with Gasteiger partial charge in [0.25, 0.3) is 0 Å². The lowest BCUT2D eigenvalue weighted by atomic mass is 9.98. The third kappa shape index (κ3) is 10.2. The van der Waals surface area contributed by atoms with Crippen molar-refractivity contribution in [2.24, 2.45) is 23.1 Å². The Labute approximate surface area is 239 Å². The summed E-state index contributed by atoms with van der Waals surface area (Å²) in [6.07, 6.45) is 3.31. The summed E-state index contributed by atoms with van der Waals surface area (Å²) in [5.41, 5.74) is 18.4. The van der Waals surface area contributed by atoms with Crippen LogP contribution in [-0.4, -0.2) is 70.4 Å². The van der Waals surface area contributed by atoms with Crippen molar-refractivity contribution in [1.29, 1.82) is 0 Å². The molecule has 0 fully saturated rings. The van der Waals surface area contributed by atoms with Crippen LogP contribution in [0, 0.1) is 5.92 Å². The molecular formula is C28H43N7O6. The number of nitrogens with one attached hydrogen (secondary N) is 4. The fourth-order valence-electron chi connectivity index (χ4n) is 4.36. The Morgan fingerprint density at radius 3 is 2.20 bits per heavy atom. The van der Waals surface area contributed by atoms with E-state index in [0.717, 1.165) is 10.9 Å². The zero-order valence-corrected chi connectivity index (χ0v) is 23.7. The van der Waals surface area contributed by atoms with Crippen LogP contribution in [0.15, 0.2) is 30.5 Å². The Morgan fingerprint density at radius 1 is 0.927 bits per heavy atom. The van der Waals surface area contributed by atoms with Crippen molar-refractivity contribution < 1.29 is 29.1 Å². The molecule has 1 aromatic heterocycles. The lowest BCUT2D eigenvalue weighted by molar-refractivity contribution is -0.142. The van der Waals surface area contributed by atoms with Gasteiger partial charge in [-0.15, -0.1) is 0 Å². The van der Waals surface area contributed by atoms with Crippen LogP contribution in [0.25, 0.3) is 10.9 Å². The predicted molar refractivity (Wildman–Crippen MR) is 154 cm³/mol. The number of rotatable bonds is 18. The number of unbranched alkanes of at least 4 members (excludes halogenated alkanes) is 1. The number of para-hydroxylation sites is 1. The van der Waals surface area contributed by atoms with Crippen LogP contribution in [0.3, 0.4) is 0 Å². The number of hydrogen-bond donors (Lipinski definition) is 8. The number of aromatic nitrogens is 1. The molecule has 0 saturated carbocycles. The minimum atomic E-state index is -1.21. The Bertz CT molecular complexity index is 1200. The molecular weight excluding hydrogens is 530 g/mol. The van der Waals surface area contributed by atoms with Gasteiger partial charge in [0, 0.05) is 29.9 Å². The number of amides is 4. The van der Waals surface area contributed by atoms with Crippen LogP contribution in [-0.2, 0) is 30.4 Å². The average molecular weight is 574 g/mol. The van der Waals surface area contributed by atoms with Gasteiger partial charge in [-0.2, -0.15) is 0 Å². The smallest absolute Gasteiger partial charge is 0.326 e. The Hall–Kier alpha value is -3.97. The molecule has 0 aliphatic carbocycles. The van der Waals surface area contributed by atoms with Gasteiger partial charge in [-0.1, -0.05) is 38.5 Å². The van der Waals surface area contributed by atoms with E-state index in [4.69, 9.17) is 17.2 Å². The molecule has 1 aromatic carbocycles. The first-order valence-electron chi connectivity index (χ1n) is 13.9. The van der Waals surface area contributed by atoms with Gasteiger partial charge < -0.3 is 43.2 Å². The lowest BCUT2D eigenvalue weighted by Crippen LogP contribution is -2.58. The molecule has 5 unspecified atom stereocenters. The monoisotopic (exact) mass is 573 g/mol. The molecule has 0 aliphatic rings. The van der Waals surface area contributed by atoms with Crippen molar-refractivity contribution in [2.45, 2.75) is 83.0 Å². The molecule has 2 aromatic rings. The minimum absolute atomic E-state index is 0.0274. The van der Waals surface area contributed by atoms with E-state index in [-0.39, 0.29) is 31.6 Å². The number of aromatic amines is 1. The number of hydrogen-bond acceptors (Lipinski definition) is 7. The van der Waals surface area contributed by atoms with Gasteiger partial charge in [0.2, 0.25) is 23.6 Å². The number of carbonyl (C=O) groups excluding carboxylic acids is 4. The quantitative estimate of drug-likeness (QED) is 0.113. The van der Waals surface area contributed by atoms with Gasteiger partial charge in [-0.05, 0) is 49.8 Å². The molecule has 0 bridgehead atoms. The maximum Gasteiger partial charge on any atom is 0.326 e. The molecule has 5 atom stereocenters. The van der Waals surface area contributed by atoms with Gasteiger partial charge in [0.1, 0.15) is 18.1 Å². The number of carbonyl (C=O) groups is 5. The second-order valence-electron chi connectivity index (χ2n) is 10.3. The maximum absolute atomic E-state index is 13.5. The predicted octanol–water partition coefficient (Wildman–Crippen LogP) is 0.0173. The Morgan fingerprint density at radius 2 is 1.56 bits per heavy atom. The summed E-state index contributed by atoms with van der Waals surface area (Å²) in [5.74, 6) is -4.06. The van der Waals surface area contributed by atoms with Crippen molar-refractivity contribution in [3.05, 3.63) is 36.0 Å². The standard InChI is InChI=1S/C28H43N7O6/c1-3-16(2)24(31)27(39)33-20(11-12-23(30)36)25(37)35-22(14-17-15-32-19-9-5-4-8-18(17)19)26(38)34-21(28(40)41)10-6-7-13-29/h4-5,8-9,15-16,20-22,24,32H,3,6-7,10-14,29,31H2,1-2H3,(H2,30,36)(H,33,39)(H,34,38)(H,35,37)(H,40,41). The number of H-pyrrole nitrogens is 1. The molecule has 0 spiro atoms. The second kappa shape index (κ2) is 16.3. The van der Waals surface area contributed by atoms with Gasteiger partial charge >= 0.3 is 5.97 Å². The summed E-state index contributed by atoms with van der Waals surface area (Å²) in [6.45, 7) is 4.07. The highest BCUT2D eigenvalue weighted by Crippen LogP contribution is 2.19. The van der Waals surface area contributed by atoms with E-state index < -0.39 is 53.8 Å². The van der Waals surface area contributed by atoms with Gasteiger partial charge in [-0.25, -0.2) is 4.79 Å². The molecule has 13 nitrogen and oxygen atoms in total. The lowest BCUT2D eigenvalue weighted by Gasteiger charge is -2.26. The number of fused-ring (bicyclic) bond motifs is 1. The van der Waals surface area contributed by atoms with E-state index in [1.807, 2.05) is 31.2 Å². The van der Waals surface area contributed by atoms with Crippen molar-refractivity contribution >= 4 is 40.5 Å². The topological polar surface area (TPSA) is 236 Å². The normalized spacial score (nSPS) is 14.8. The number of nitrogens with two attached hydrogens (primary N) is 3. The van der Waals surface area contributed by atoms with Crippen LogP contribution < -0.4 is 33.2 Å². The average Bonchev–Trinajstić information content (AvgIpc) is 3.35. The number of primary amides is 1. The van der Waals surface area contributed by atoms with E-state index in [1.165, 1.54) is 0 Å². The highest BCUT2D eigenvalue weighted by molar-refractivity contribution is 5.95. The molecule has 41 heavy (non-hydrogen) atoms. The number of carboxylic acids is 1. The molecule has 0 radical (unpaired) electrons. The summed E-state index contributed by atoms with van der Waals surface area (Å²) in [4.78, 5) is 66.1. The maximum atomic E-state index is 13.5. The fraction of sp³-hybridized carbons (Fsp3) is 0.536. The van der Waals surface area contributed by atoms with E-state index in [9.17, 15) is 29.1 Å². The molecule has 0 aliphatic heterocycles. The zero-order chi connectivity index (χ0) is 30.5. The summed E-state index contributed by atoms with van der Waals surface area (Å²) < 4.78 is 0. The molecule has 11 N–H and O–H groups in total. The molecule has 13 heteroatoms. The van der Waals surface area contributed by atoms with Crippen LogP contribution >= 0.6 is 0 Å². The SMILES string of the molecule is CCC(C)C(N)C(=O)NC(CCC(N)=O)C(=O)NC(Cc1c[nH]c2ccccc12)C(=O)NC(CCCCN)C(=O)O. The molecule has 226 valence electrons. The van der Waals surface area contributed by atoms with Crippen molar-refractivity contribution in [1.82, 2.24) is 20.9 Å². The van der Waals surface area contributed by atoms with Crippen LogP contribution in [0.4, 0.5) is 0 Å². The van der Waals surface area contributed by atoms with E-state index in [0.29, 0.717) is 31.4 Å². The van der Waals surface area contributed by atoms with Crippen molar-refractivity contribution in [3.8, 4) is 0 Å². The van der Waals surface area contributed by atoms with E-state index in [1.54, 1.807) is 13.1 Å². The Balaban J connectivity index is 2.33. The largest absolute Gasteiger partial charge is 0.480 e. The molecule has 1 heterocycles. The summed E-state index contributed by atoms with van der Waals surface area (Å²) >= 11 is 0. The van der Waals surface area contributed by atoms with Gasteiger partial charge in [0.15, 0.2) is 0 Å². The first-order valence-corrected chi connectivity index (χ1v) is 13.9. The summed E-state index contributed by atoms with van der Waals surface area (Å²) in [5, 5.41) is 18.3. The number of aliphatic carboxylic acids is 1. The highest BCUT2D eigenvalue weighted by atomic mass is 16.4. The third-order valence-electron chi connectivity index (χ3n) is 7.17. The van der Waals surface area contributed by atoms with E-state index in [2.05, 4.69) is 20.9 Å². The van der Waals surface area contributed by atoms with Crippen LogP contribution in [0.5, 0.6) is 0 Å². The molecule has 2 rings (SSSR count). The number of benzene rings is 1. The van der Waals surface area contributed by atoms with Crippen LogP contribution in [0.2, 0.25) is 0 Å². The van der Waals surface area contributed by atoms with Gasteiger partial charge in [0.05, 0.1) is 6.04 Å². The van der Waals surface area contributed by atoms with Crippen LogP contribution in [0.1, 0.15) is 57.9 Å². The van der Waals surface area contributed by atoms with Gasteiger partial charge in [-0.3, -0.25) is 19.2 Å². The summed E-state index contributed by atoms with van der Waals surface area (Å²) in [6, 6.07) is 2.92. The third-order valence-corrected chi connectivity index (χ3v) is 7.17. The van der Waals surface area contributed by atoms with Crippen molar-refractivity contribution in [2.75, 3.05) is 6.54 Å². The highest BCUT2D eigenvalue weighted by Gasteiger charge is 2.31. The minimum Gasteiger partial charge on any atom is -0.480 e. The zero-order valence-electron chi connectivity index (χ0n) is 23.7. The summed E-state index contributed by atoms with van der Waals surface area (Å²) in [7, 11) is 0. The van der Waals surface area contributed by atoms with E-state index >= 15 is 0 Å². The molecule has 4 amide bonds. The second-order valence-corrected chi connectivity index (χ2v) is 10.3.